The van der Waals surface area contributed by atoms with Crippen LogP contribution in [0.5, 0.6) is 11.5 Å². The fourth-order valence-corrected chi connectivity index (χ4v) is 2.88. The minimum atomic E-state index is -0.327. The third kappa shape index (κ3) is 3.91. The average molecular weight is 485 g/mol. The Kier molecular flexibility index (Phi) is 5.62. The van der Waals surface area contributed by atoms with Crippen molar-refractivity contribution in [2.24, 2.45) is 0 Å². The van der Waals surface area contributed by atoms with Crippen molar-refractivity contribution in [1.29, 1.82) is 0 Å². The molecule has 0 unspecified atom stereocenters. The van der Waals surface area contributed by atoms with Crippen LogP contribution in [0.3, 0.4) is 0 Å². The second-order valence-electron chi connectivity index (χ2n) is 5.16. The predicted octanol–water partition coefficient (Wildman–Crippen LogP) is 4.00. The fraction of sp³-hybridized carbons (Fsp3) is 0.118. The molecule has 3 rings (SSSR count). The number of ether oxygens (including phenoxy) is 2. The summed E-state index contributed by atoms with van der Waals surface area (Å²) in [6.45, 7) is 0. The number of carbonyl (C=O) groups excluding carboxylic acids is 1. The van der Waals surface area contributed by atoms with E-state index in [1.165, 1.54) is 0 Å². The van der Waals surface area contributed by atoms with E-state index < -0.39 is 0 Å². The molecule has 0 atom stereocenters. The van der Waals surface area contributed by atoms with E-state index in [4.69, 9.17) is 21.1 Å². The van der Waals surface area contributed by atoms with Crippen LogP contribution in [0, 0.1) is 3.57 Å². The molecule has 1 heterocycles. The highest BCUT2D eigenvalue weighted by atomic mass is 127. The van der Waals surface area contributed by atoms with Crippen molar-refractivity contribution in [2.75, 3.05) is 19.5 Å². The summed E-state index contributed by atoms with van der Waals surface area (Å²) in [5.41, 5.74) is 1.16. The number of aromatic nitrogens is 3. The molecule has 0 saturated heterocycles. The van der Waals surface area contributed by atoms with Gasteiger partial charge in [-0.15, -0.1) is 5.10 Å². The molecule has 1 aromatic heterocycles. The maximum atomic E-state index is 12.3. The van der Waals surface area contributed by atoms with E-state index in [0.29, 0.717) is 33.5 Å². The molecule has 9 heteroatoms. The van der Waals surface area contributed by atoms with Crippen LogP contribution in [-0.2, 0) is 0 Å². The van der Waals surface area contributed by atoms with Gasteiger partial charge < -0.3 is 9.47 Å². The van der Waals surface area contributed by atoms with Crippen molar-refractivity contribution in [3.05, 3.63) is 50.6 Å². The topological polar surface area (TPSA) is 89.1 Å². The van der Waals surface area contributed by atoms with Gasteiger partial charge in [0.2, 0.25) is 5.95 Å². The molecular formula is C17H14ClIN4O3. The zero-order chi connectivity index (χ0) is 18.7. The van der Waals surface area contributed by atoms with E-state index in [1.807, 2.05) is 0 Å². The average Bonchev–Trinajstić information content (AvgIpc) is 3.11. The number of nitrogens with zero attached hydrogens (tertiary/aromatic N) is 2. The van der Waals surface area contributed by atoms with Gasteiger partial charge in [-0.2, -0.15) is 4.98 Å². The summed E-state index contributed by atoms with van der Waals surface area (Å²) in [4.78, 5) is 16.6. The minimum absolute atomic E-state index is 0.160. The monoisotopic (exact) mass is 484 g/mol. The molecule has 0 aliphatic rings. The normalized spacial score (nSPS) is 10.5. The van der Waals surface area contributed by atoms with Gasteiger partial charge in [0.25, 0.3) is 5.91 Å². The standard InChI is InChI=1S/C17H14ClIN4O3/c1-25-10-4-5-11(14(8-10)26-2)15-20-17(23-22-15)21-16(24)9-3-6-12(18)13(19)7-9/h3-8H,1-2H3,(H2,20,21,22,23,24). The summed E-state index contributed by atoms with van der Waals surface area (Å²) < 4.78 is 11.3. The molecule has 0 aliphatic heterocycles. The van der Waals surface area contributed by atoms with Crippen molar-refractivity contribution < 1.29 is 14.3 Å². The number of H-pyrrole nitrogens is 1. The zero-order valence-corrected chi connectivity index (χ0v) is 16.8. The molecule has 134 valence electrons. The Morgan fingerprint density at radius 2 is 2.00 bits per heavy atom. The Bertz CT molecular complexity index is 961. The Morgan fingerprint density at radius 3 is 2.69 bits per heavy atom. The third-order valence-corrected chi connectivity index (χ3v) is 5.10. The highest BCUT2D eigenvalue weighted by Gasteiger charge is 2.15. The highest BCUT2D eigenvalue weighted by molar-refractivity contribution is 14.1. The Balaban J connectivity index is 1.82. The van der Waals surface area contributed by atoms with Crippen LogP contribution in [0.25, 0.3) is 11.4 Å². The molecule has 0 spiro atoms. The van der Waals surface area contributed by atoms with Crippen LogP contribution >= 0.6 is 34.2 Å². The molecule has 1 amide bonds. The van der Waals surface area contributed by atoms with Crippen molar-refractivity contribution >= 4 is 46.0 Å². The van der Waals surface area contributed by atoms with Crippen LogP contribution in [0.2, 0.25) is 5.02 Å². The van der Waals surface area contributed by atoms with Gasteiger partial charge in [0, 0.05) is 15.2 Å². The van der Waals surface area contributed by atoms with Gasteiger partial charge in [-0.3, -0.25) is 15.2 Å². The number of anilines is 1. The van der Waals surface area contributed by atoms with Crippen LogP contribution < -0.4 is 14.8 Å². The smallest absolute Gasteiger partial charge is 0.258 e. The van der Waals surface area contributed by atoms with E-state index in [0.717, 1.165) is 3.57 Å². The number of amides is 1. The molecule has 3 aromatic rings. The number of hydrogen-bond donors (Lipinski definition) is 2. The van der Waals surface area contributed by atoms with Gasteiger partial charge in [0.05, 0.1) is 24.8 Å². The number of benzene rings is 2. The number of nitrogens with one attached hydrogen (secondary N) is 2. The van der Waals surface area contributed by atoms with Crippen LogP contribution in [-0.4, -0.2) is 35.3 Å². The molecule has 2 aromatic carbocycles. The first-order valence-electron chi connectivity index (χ1n) is 7.43. The Hall–Kier alpha value is -2.33. The summed E-state index contributed by atoms with van der Waals surface area (Å²) >= 11 is 8.04. The van der Waals surface area contributed by atoms with Crippen LogP contribution in [0.1, 0.15) is 10.4 Å². The van der Waals surface area contributed by atoms with Gasteiger partial charge in [-0.05, 0) is 52.9 Å². The van der Waals surface area contributed by atoms with Crippen LogP contribution in [0.15, 0.2) is 36.4 Å². The maximum Gasteiger partial charge on any atom is 0.258 e. The lowest BCUT2D eigenvalue weighted by molar-refractivity contribution is 0.102. The van der Waals surface area contributed by atoms with Crippen molar-refractivity contribution in [3.8, 4) is 22.9 Å². The van der Waals surface area contributed by atoms with E-state index in [9.17, 15) is 4.79 Å². The molecule has 0 saturated carbocycles. The lowest BCUT2D eigenvalue weighted by atomic mass is 10.2. The fourth-order valence-electron chi connectivity index (χ4n) is 2.24. The van der Waals surface area contributed by atoms with E-state index in [2.05, 4.69) is 43.1 Å². The first kappa shape index (κ1) is 18.5. The lowest BCUT2D eigenvalue weighted by Gasteiger charge is -2.07. The second-order valence-corrected chi connectivity index (χ2v) is 6.73. The molecule has 0 radical (unpaired) electrons. The van der Waals surface area contributed by atoms with Gasteiger partial charge in [0.15, 0.2) is 5.82 Å². The Morgan fingerprint density at radius 1 is 1.19 bits per heavy atom. The molecular weight excluding hydrogens is 471 g/mol. The predicted molar refractivity (Wildman–Crippen MR) is 107 cm³/mol. The van der Waals surface area contributed by atoms with Crippen molar-refractivity contribution in [3.63, 3.8) is 0 Å². The molecule has 7 nitrogen and oxygen atoms in total. The van der Waals surface area contributed by atoms with E-state index in [1.54, 1.807) is 50.6 Å². The quantitative estimate of drug-likeness (QED) is 0.535. The number of hydrogen-bond acceptors (Lipinski definition) is 5. The lowest BCUT2D eigenvalue weighted by Crippen LogP contribution is -2.13. The van der Waals surface area contributed by atoms with Crippen molar-refractivity contribution in [1.82, 2.24) is 15.2 Å². The van der Waals surface area contributed by atoms with Crippen LogP contribution in [0.4, 0.5) is 5.95 Å². The second kappa shape index (κ2) is 7.92. The molecule has 2 N–H and O–H groups in total. The summed E-state index contributed by atoms with van der Waals surface area (Å²) in [5.74, 6) is 1.53. The summed E-state index contributed by atoms with van der Waals surface area (Å²) in [6.07, 6.45) is 0. The summed E-state index contributed by atoms with van der Waals surface area (Å²) in [6, 6.07) is 10.3. The van der Waals surface area contributed by atoms with E-state index in [-0.39, 0.29) is 11.9 Å². The number of methoxy groups -OCH3 is 2. The maximum absolute atomic E-state index is 12.3. The largest absolute Gasteiger partial charge is 0.497 e. The SMILES string of the molecule is COc1ccc(-c2nc(NC(=O)c3ccc(Cl)c(I)c3)n[nH]2)c(OC)c1. The number of aromatic amines is 1. The van der Waals surface area contributed by atoms with Gasteiger partial charge >= 0.3 is 0 Å². The summed E-state index contributed by atoms with van der Waals surface area (Å²) in [7, 11) is 3.13. The van der Waals surface area contributed by atoms with Crippen molar-refractivity contribution in [2.45, 2.75) is 0 Å². The Labute approximate surface area is 168 Å². The minimum Gasteiger partial charge on any atom is -0.497 e. The third-order valence-electron chi connectivity index (χ3n) is 3.56. The number of rotatable bonds is 5. The van der Waals surface area contributed by atoms with Gasteiger partial charge in [-0.25, -0.2) is 0 Å². The van der Waals surface area contributed by atoms with E-state index >= 15 is 0 Å². The first-order chi connectivity index (χ1) is 12.5. The molecule has 0 aliphatic carbocycles. The molecule has 26 heavy (non-hydrogen) atoms. The summed E-state index contributed by atoms with van der Waals surface area (Å²) in [5, 5.41) is 10.1. The number of carbonyl (C=O) groups is 1. The zero-order valence-electron chi connectivity index (χ0n) is 13.8. The number of halogens is 2. The molecule has 0 fully saturated rings. The molecule has 0 bridgehead atoms. The van der Waals surface area contributed by atoms with Gasteiger partial charge in [0.1, 0.15) is 11.5 Å². The highest BCUT2D eigenvalue weighted by Crippen LogP contribution is 2.31. The van der Waals surface area contributed by atoms with Gasteiger partial charge in [-0.1, -0.05) is 11.6 Å². The first-order valence-corrected chi connectivity index (χ1v) is 8.88.